The molecule has 0 saturated heterocycles. The zero-order valence-electron chi connectivity index (χ0n) is 12.6. The number of hydrogen-bond donors (Lipinski definition) is 1. The number of nitrogen functional groups attached to an aromatic ring is 1. The molecule has 2 aromatic rings. The highest BCUT2D eigenvalue weighted by atomic mass is 15.2. The monoisotopic (exact) mass is 286 g/mol. The van der Waals surface area contributed by atoms with Gasteiger partial charge in [-0.3, -0.25) is 0 Å². The number of anilines is 1. The predicted octanol–water partition coefficient (Wildman–Crippen LogP) is 1.70. The SMILES string of the molecule is CN(C)C1CCC2C1CCC2n1cnc2c(N)ncnc21. The lowest BCUT2D eigenvalue weighted by Gasteiger charge is -2.26. The highest BCUT2D eigenvalue weighted by Crippen LogP contribution is 2.51. The van der Waals surface area contributed by atoms with Crippen LogP contribution in [0.1, 0.15) is 31.7 Å². The van der Waals surface area contributed by atoms with E-state index in [2.05, 4.69) is 38.5 Å². The topological polar surface area (TPSA) is 72.9 Å². The summed E-state index contributed by atoms with van der Waals surface area (Å²) in [5.74, 6) is 2.03. The maximum Gasteiger partial charge on any atom is 0.165 e. The summed E-state index contributed by atoms with van der Waals surface area (Å²) in [6.07, 6.45) is 8.58. The zero-order valence-corrected chi connectivity index (χ0v) is 12.6. The normalized spacial score (nSPS) is 32.1. The Morgan fingerprint density at radius 3 is 2.71 bits per heavy atom. The van der Waals surface area contributed by atoms with Gasteiger partial charge in [0.25, 0.3) is 0 Å². The predicted molar refractivity (Wildman–Crippen MR) is 81.7 cm³/mol. The molecule has 6 heteroatoms. The van der Waals surface area contributed by atoms with Crippen molar-refractivity contribution in [3.8, 4) is 0 Å². The van der Waals surface area contributed by atoms with Gasteiger partial charge in [0, 0.05) is 12.1 Å². The molecular formula is C15H22N6. The number of rotatable bonds is 2. The second-order valence-corrected chi connectivity index (χ2v) is 6.66. The van der Waals surface area contributed by atoms with E-state index >= 15 is 0 Å². The summed E-state index contributed by atoms with van der Waals surface area (Å²) in [6, 6.07) is 1.24. The minimum Gasteiger partial charge on any atom is -0.382 e. The standard InChI is InChI=1S/C15H22N6/c1-20(2)11-5-3-10-9(11)4-6-12(10)21-8-19-13-14(16)17-7-18-15(13)21/h7-12H,3-6H2,1-2H3,(H2,16,17,18). The first kappa shape index (κ1) is 13.0. The van der Waals surface area contributed by atoms with Gasteiger partial charge in [-0.2, -0.15) is 0 Å². The Kier molecular flexibility index (Phi) is 2.89. The summed E-state index contributed by atoms with van der Waals surface area (Å²) >= 11 is 0. The minimum absolute atomic E-state index is 0.478. The Hall–Kier alpha value is -1.69. The molecule has 0 bridgehead atoms. The van der Waals surface area contributed by atoms with Crippen LogP contribution in [-0.2, 0) is 0 Å². The van der Waals surface area contributed by atoms with Gasteiger partial charge in [0.15, 0.2) is 11.5 Å². The van der Waals surface area contributed by atoms with Gasteiger partial charge in [0.1, 0.15) is 11.8 Å². The van der Waals surface area contributed by atoms with Crippen LogP contribution in [0.15, 0.2) is 12.7 Å². The molecule has 2 heterocycles. The van der Waals surface area contributed by atoms with E-state index in [4.69, 9.17) is 5.73 Å². The van der Waals surface area contributed by atoms with Gasteiger partial charge < -0.3 is 15.2 Å². The van der Waals surface area contributed by atoms with E-state index in [0.29, 0.717) is 11.9 Å². The van der Waals surface area contributed by atoms with Crippen molar-refractivity contribution in [3.63, 3.8) is 0 Å². The molecular weight excluding hydrogens is 264 g/mol. The van der Waals surface area contributed by atoms with Crippen molar-refractivity contribution in [2.45, 2.75) is 37.8 Å². The van der Waals surface area contributed by atoms with Gasteiger partial charge in [-0.05, 0) is 51.6 Å². The fourth-order valence-corrected chi connectivity index (χ4v) is 4.64. The molecule has 2 aliphatic carbocycles. The van der Waals surface area contributed by atoms with Gasteiger partial charge >= 0.3 is 0 Å². The molecule has 4 unspecified atom stereocenters. The summed E-state index contributed by atoms with van der Waals surface area (Å²) in [6.45, 7) is 0. The second kappa shape index (κ2) is 4.66. The largest absolute Gasteiger partial charge is 0.382 e. The van der Waals surface area contributed by atoms with Crippen LogP contribution in [0.3, 0.4) is 0 Å². The fourth-order valence-electron chi connectivity index (χ4n) is 4.64. The maximum atomic E-state index is 5.90. The van der Waals surface area contributed by atoms with Crippen LogP contribution in [-0.4, -0.2) is 44.6 Å². The average molecular weight is 286 g/mol. The van der Waals surface area contributed by atoms with Crippen molar-refractivity contribution >= 4 is 17.0 Å². The van der Waals surface area contributed by atoms with Gasteiger partial charge in [-0.1, -0.05) is 0 Å². The Morgan fingerprint density at radius 2 is 1.90 bits per heavy atom. The lowest BCUT2D eigenvalue weighted by molar-refractivity contribution is 0.220. The quantitative estimate of drug-likeness (QED) is 0.909. The molecule has 2 saturated carbocycles. The summed E-state index contributed by atoms with van der Waals surface area (Å²) in [7, 11) is 4.42. The van der Waals surface area contributed by atoms with Crippen LogP contribution in [0, 0.1) is 11.8 Å². The molecule has 6 nitrogen and oxygen atoms in total. The summed E-state index contributed by atoms with van der Waals surface area (Å²) in [4.78, 5) is 15.3. The summed E-state index contributed by atoms with van der Waals surface area (Å²) in [5, 5.41) is 0. The number of nitrogens with two attached hydrogens (primary N) is 1. The Morgan fingerprint density at radius 1 is 1.10 bits per heavy atom. The van der Waals surface area contributed by atoms with E-state index in [1.54, 1.807) is 6.33 Å². The molecule has 0 amide bonds. The Labute approximate surface area is 124 Å². The van der Waals surface area contributed by atoms with Gasteiger partial charge in [0.2, 0.25) is 0 Å². The highest BCUT2D eigenvalue weighted by molar-refractivity contribution is 5.81. The first-order chi connectivity index (χ1) is 10.2. The number of hydrogen-bond acceptors (Lipinski definition) is 5. The van der Waals surface area contributed by atoms with Crippen molar-refractivity contribution in [2.75, 3.05) is 19.8 Å². The van der Waals surface area contributed by atoms with Crippen molar-refractivity contribution in [1.29, 1.82) is 0 Å². The van der Waals surface area contributed by atoms with Crippen LogP contribution in [0.4, 0.5) is 5.82 Å². The molecule has 0 radical (unpaired) electrons. The smallest absolute Gasteiger partial charge is 0.165 e. The van der Waals surface area contributed by atoms with E-state index in [-0.39, 0.29) is 0 Å². The third-order valence-electron chi connectivity index (χ3n) is 5.54. The fraction of sp³-hybridized carbons (Fsp3) is 0.667. The van der Waals surface area contributed by atoms with Crippen LogP contribution in [0.2, 0.25) is 0 Å². The molecule has 2 aliphatic rings. The molecule has 4 rings (SSSR count). The molecule has 2 N–H and O–H groups in total. The van der Waals surface area contributed by atoms with E-state index in [1.807, 2.05) is 6.33 Å². The Balaban J connectivity index is 1.70. The summed E-state index contributed by atoms with van der Waals surface area (Å²) < 4.78 is 2.25. The third-order valence-corrected chi connectivity index (χ3v) is 5.54. The van der Waals surface area contributed by atoms with Crippen LogP contribution in [0.5, 0.6) is 0 Å². The second-order valence-electron chi connectivity index (χ2n) is 6.66. The number of imidazole rings is 1. The number of fused-ring (bicyclic) bond motifs is 2. The lowest BCUT2D eigenvalue weighted by Crippen LogP contribution is -2.32. The van der Waals surface area contributed by atoms with Crippen LogP contribution >= 0.6 is 0 Å². The van der Waals surface area contributed by atoms with Crippen molar-refractivity contribution in [1.82, 2.24) is 24.4 Å². The number of aromatic nitrogens is 4. The third kappa shape index (κ3) is 1.85. The van der Waals surface area contributed by atoms with Crippen molar-refractivity contribution in [3.05, 3.63) is 12.7 Å². The molecule has 112 valence electrons. The Bertz CT molecular complexity index is 663. The number of nitrogens with zero attached hydrogens (tertiary/aromatic N) is 5. The molecule has 0 spiro atoms. The minimum atomic E-state index is 0.478. The van der Waals surface area contributed by atoms with Crippen molar-refractivity contribution < 1.29 is 0 Å². The first-order valence-corrected chi connectivity index (χ1v) is 7.76. The average Bonchev–Trinajstić information content (AvgIpc) is 3.11. The maximum absolute atomic E-state index is 5.90. The molecule has 4 atom stereocenters. The molecule has 21 heavy (non-hydrogen) atoms. The van der Waals surface area contributed by atoms with Crippen LogP contribution in [0.25, 0.3) is 11.2 Å². The van der Waals surface area contributed by atoms with Gasteiger partial charge in [-0.25, -0.2) is 15.0 Å². The summed E-state index contributed by atoms with van der Waals surface area (Å²) in [5.41, 5.74) is 7.53. The first-order valence-electron chi connectivity index (χ1n) is 7.76. The van der Waals surface area contributed by atoms with Crippen molar-refractivity contribution in [2.24, 2.45) is 11.8 Å². The van der Waals surface area contributed by atoms with Crippen LogP contribution < -0.4 is 5.73 Å². The lowest BCUT2D eigenvalue weighted by atomic mass is 9.95. The van der Waals surface area contributed by atoms with Gasteiger partial charge in [-0.15, -0.1) is 0 Å². The van der Waals surface area contributed by atoms with E-state index in [1.165, 1.54) is 25.7 Å². The van der Waals surface area contributed by atoms with E-state index in [9.17, 15) is 0 Å². The molecule has 2 aromatic heterocycles. The van der Waals surface area contributed by atoms with E-state index < -0.39 is 0 Å². The highest BCUT2D eigenvalue weighted by Gasteiger charge is 2.46. The molecule has 0 aliphatic heterocycles. The molecule has 2 fully saturated rings. The zero-order chi connectivity index (χ0) is 14.6. The van der Waals surface area contributed by atoms with E-state index in [0.717, 1.165) is 29.0 Å². The van der Waals surface area contributed by atoms with Gasteiger partial charge in [0.05, 0.1) is 6.33 Å². The molecule has 0 aromatic carbocycles.